The molecule has 1 amide bonds. The van der Waals surface area contributed by atoms with E-state index < -0.39 is 5.91 Å². The maximum Gasteiger partial charge on any atom is 0.267 e. The minimum atomic E-state index is -0.496. The van der Waals surface area contributed by atoms with Gasteiger partial charge < -0.3 is 15.7 Å². The lowest BCUT2D eigenvalue weighted by Crippen LogP contribution is -2.18. The highest BCUT2D eigenvalue weighted by molar-refractivity contribution is 7.99. The normalized spacial score (nSPS) is 10.8. The first-order valence-electron chi connectivity index (χ1n) is 7.32. The van der Waals surface area contributed by atoms with E-state index in [4.69, 9.17) is 10.4 Å². The number of aliphatic hydroxyl groups is 1. The van der Waals surface area contributed by atoms with Gasteiger partial charge in [-0.15, -0.1) is 0 Å². The Bertz CT molecular complexity index is 754. The van der Waals surface area contributed by atoms with Gasteiger partial charge in [-0.2, -0.15) is 5.26 Å². The number of carbonyl (C=O) groups excluding carboxylic acids is 1. The molecule has 122 valence electrons. The quantitative estimate of drug-likeness (QED) is 0.410. The van der Waals surface area contributed by atoms with Gasteiger partial charge in [-0.3, -0.25) is 4.79 Å². The van der Waals surface area contributed by atoms with Crippen molar-refractivity contribution in [3.05, 3.63) is 66.4 Å². The second kappa shape index (κ2) is 9.40. The number of amides is 1. The van der Waals surface area contributed by atoms with Crippen LogP contribution < -0.4 is 10.6 Å². The van der Waals surface area contributed by atoms with Crippen LogP contribution in [-0.4, -0.2) is 24.2 Å². The predicted octanol–water partition coefficient (Wildman–Crippen LogP) is 2.77. The zero-order chi connectivity index (χ0) is 17.2. The molecule has 5 nitrogen and oxygen atoms in total. The van der Waals surface area contributed by atoms with Gasteiger partial charge in [0.1, 0.15) is 11.6 Å². The summed E-state index contributed by atoms with van der Waals surface area (Å²) in [5, 5.41) is 23.3. The van der Waals surface area contributed by atoms with Crippen molar-refractivity contribution in [1.82, 2.24) is 5.32 Å². The molecule has 3 N–H and O–H groups in total. The number of nitrogens with zero attached hydrogens (tertiary/aromatic N) is 1. The van der Waals surface area contributed by atoms with Crippen molar-refractivity contribution < 1.29 is 9.90 Å². The number of nitriles is 1. The number of benzene rings is 2. The van der Waals surface area contributed by atoms with Crippen molar-refractivity contribution >= 4 is 23.4 Å². The summed E-state index contributed by atoms with van der Waals surface area (Å²) in [5.41, 5.74) is 0.586. The lowest BCUT2D eigenvalue weighted by Gasteiger charge is -2.10. The molecular weight excluding hydrogens is 322 g/mol. The summed E-state index contributed by atoms with van der Waals surface area (Å²) in [7, 11) is 0. The molecule has 0 bridgehead atoms. The standard InChI is InChI=1S/C18H17N3O2S/c19-12-14(13-20-10-11-22)18(23)21-16-8-4-5-9-17(16)24-15-6-2-1-3-7-15/h1-9,13,20,22H,10-11H2,(H,21,23)/b14-13-. The Kier molecular flexibility index (Phi) is 6.90. The molecule has 0 radical (unpaired) electrons. The molecule has 0 heterocycles. The fourth-order valence-electron chi connectivity index (χ4n) is 1.85. The number of rotatable bonds is 7. The van der Waals surface area contributed by atoms with Gasteiger partial charge in [0.25, 0.3) is 5.91 Å². The van der Waals surface area contributed by atoms with E-state index in [1.54, 1.807) is 6.07 Å². The number of anilines is 1. The van der Waals surface area contributed by atoms with E-state index in [0.717, 1.165) is 9.79 Å². The van der Waals surface area contributed by atoms with E-state index in [1.807, 2.05) is 54.6 Å². The molecule has 0 saturated carbocycles. The Hall–Kier alpha value is -2.75. The second-order valence-corrected chi connectivity index (χ2v) is 5.83. The van der Waals surface area contributed by atoms with Gasteiger partial charge in [-0.05, 0) is 24.3 Å². The smallest absolute Gasteiger partial charge is 0.267 e. The first kappa shape index (κ1) is 17.6. The Morgan fingerprint density at radius 3 is 2.58 bits per heavy atom. The van der Waals surface area contributed by atoms with Crippen molar-refractivity contribution in [3.8, 4) is 6.07 Å². The zero-order valence-corrected chi connectivity index (χ0v) is 13.7. The van der Waals surface area contributed by atoms with Crippen molar-refractivity contribution in [3.63, 3.8) is 0 Å². The Balaban J connectivity index is 2.13. The SMILES string of the molecule is N#C/C(=C/NCCO)C(=O)Nc1ccccc1Sc1ccccc1. The topological polar surface area (TPSA) is 85.2 Å². The van der Waals surface area contributed by atoms with Gasteiger partial charge in [0.2, 0.25) is 0 Å². The minimum absolute atomic E-state index is 0.0528. The number of aliphatic hydroxyl groups excluding tert-OH is 1. The van der Waals surface area contributed by atoms with E-state index >= 15 is 0 Å². The molecule has 2 rings (SSSR count). The highest BCUT2D eigenvalue weighted by Gasteiger charge is 2.12. The number of nitrogens with one attached hydrogen (secondary N) is 2. The van der Waals surface area contributed by atoms with Crippen LogP contribution in [0.25, 0.3) is 0 Å². The third-order valence-corrected chi connectivity index (χ3v) is 4.06. The summed E-state index contributed by atoms with van der Waals surface area (Å²) < 4.78 is 0. The molecular formula is C18H17N3O2S. The van der Waals surface area contributed by atoms with Crippen LogP contribution in [-0.2, 0) is 4.79 Å². The van der Waals surface area contributed by atoms with Crippen molar-refractivity contribution in [1.29, 1.82) is 5.26 Å². The van der Waals surface area contributed by atoms with Crippen molar-refractivity contribution in [2.75, 3.05) is 18.5 Å². The first-order chi connectivity index (χ1) is 11.7. The zero-order valence-electron chi connectivity index (χ0n) is 12.9. The molecule has 0 unspecified atom stereocenters. The maximum absolute atomic E-state index is 12.2. The van der Waals surface area contributed by atoms with Crippen LogP contribution in [0.1, 0.15) is 0 Å². The molecule has 0 fully saturated rings. The molecule has 0 aliphatic heterocycles. The first-order valence-corrected chi connectivity index (χ1v) is 8.14. The van der Waals surface area contributed by atoms with E-state index in [-0.39, 0.29) is 18.7 Å². The fourth-order valence-corrected chi connectivity index (χ4v) is 2.77. The summed E-state index contributed by atoms with van der Waals surface area (Å²) in [6, 6.07) is 19.1. The van der Waals surface area contributed by atoms with E-state index in [0.29, 0.717) is 5.69 Å². The van der Waals surface area contributed by atoms with Crippen LogP contribution >= 0.6 is 11.8 Å². The van der Waals surface area contributed by atoms with Crippen LogP contribution in [0, 0.1) is 11.3 Å². The summed E-state index contributed by atoms with van der Waals surface area (Å²) in [5.74, 6) is -0.496. The maximum atomic E-state index is 12.2. The summed E-state index contributed by atoms with van der Waals surface area (Å²) in [6.07, 6.45) is 1.30. The number of para-hydroxylation sites is 1. The average molecular weight is 339 g/mol. The molecule has 2 aromatic carbocycles. The molecule has 0 aromatic heterocycles. The lowest BCUT2D eigenvalue weighted by molar-refractivity contribution is -0.112. The van der Waals surface area contributed by atoms with E-state index in [9.17, 15) is 4.79 Å². The Morgan fingerprint density at radius 1 is 1.17 bits per heavy atom. The molecule has 24 heavy (non-hydrogen) atoms. The highest BCUT2D eigenvalue weighted by Crippen LogP contribution is 2.33. The van der Waals surface area contributed by atoms with Gasteiger partial charge in [0, 0.05) is 22.5 Å². The van der Waals surface area contributed by atoms with Gasteiger partial charge in [-0.25, -0.2) is 0 Å². The minimum Gasteiger partial charge on any atom is -0.395 e. The van der Waals surface area contributed by atoms with Crippen molar-refractivity contribution in [2.24, 2.45) is 0 Å². The Morgan fingerprint density at radius 2 is 1.88 bits per heavy atom. The Labute approximate surface area is 145 Å². The number of hydrogen-bond acceptors (Lipinski definition) is 5. The fraction of sp³-hybridized carbons (Fsp3) is 0.111. The third-order valence-electron chi connectivity index (χ3n) is 2.97. The molecule has 0 spiro atoms. The van der Waals surface area contributed by atoms with Crippen LogP contribution in [0.3, 0.4) is 0 Å². The predicted molar refractivity (Wildman–Crippen MR) is 94.4 cm³/mol. The van der Waals surface area contributed by atoms with Crippen LogP contribution in [0.15, 0.2) is 76.2 Å². The highest BCUT2D eigenvalue weighted by atomic mass is 32.2. The molecule has 0 aliphatic carbocycles. The van der Waals surface area contributed by atoms with Gasteiger partial charge in [0.05, 0.1) is 12.3 Å². The van der Waals surface area contributed by atoms with Crippen LogP contribution in [0.2, 0.25) is 0 Å². The van der Waals surface area contributed by atoms with Crippen LogP contribution in [0.5, 0.6) is 0 Å². The largest absolute Gasteiger partial charge is 0.395 e. The molecule has 0 atom stereocenters. The van der Waals surface area contributed by atoms with E-state index in [1.165, 1.54) is 18.0 Å². The third kappa shape index (κ3) is 5.16. The molecule has 6 heteroatoms. The second-order valence-electron chi connectivity index (χ2n) is 4.71. The summed E-state index contributed by atoms with van der Waals surface area (Å²) in [6.45, 7) is 0.201. The average Bonchev–Trinajstić information content (AvgIpc) is 2.61. The molecule has 0 saturated heterocycles. The lowest BCUT2D eigenvalue weighted by atomic mass is 10.2. The number of hydrogen-bond donors (Lipinski definition) is 3. The van der Waals surface area contributed by atoms with Gasteiger partial charge in [0.15, 0.2) is 0 Å². The number of carbonyl (C=O) groups is 1. The van der Waals surface area contributed by atoms with Crippen molar-refractivity contribution in [2.45, 2.75) is 9.79 Å². The van der Waals surface area contributed by atoms with E-state index in [2.05, 4.69) is 10.6 Å². The van der Waals surface area contributed by atoms with Gasteiger partial charge >= 0.3 is 0 Å². The molecule has 0 aliphatic rings. The van der Waals surface area contributed by atoms with Gasteiger partial charge in [-0.1, -0.05) is 42.1 Å². The van der Waals surface area contributed by atoms with Crippen LogP contribution in [0.4, 0.5) is 5.69 Å². The summed E-state index contributed by atoms with van der Waals surface area (Å²) >= 11 is 1.53. The molecule has 2 aromatic rings. The monoisotopic (exact) mass is 339 g/mol. The summed E-state index contributed by atoms with van der Waals surface area (Å²) in [4.78, 5) is 14.2.